The Kier molecular flexibility index (Phi) is 7.39. The molecule has 8 nitrogen and oxygen atoms in total. The first-order chi connectivity index (χ1) is 17.2. The maximum absolute atomic E-state index is 13.1. The minimum atomic E-state index is 0.00423. The van der Waals surface area contributed by atoms with Crippen LogP contribution >= 0.6 is 0 Å². The molecule has 8 heteroatoms. The summed E-state index contributed by atoms with van der Waals surface area (Å²) in [7, 11) is 0. The van der Waals surface area contributed by atoms with Gasteiger partial charge in [-0.2, -0.15) is 0 Å². The van der Waals surface area contributed by atoms with Crippen molar-refractivity contribution >= 4 is 22.9 Å². The summed E-state index contributed by atoms with van der Waals surface area (Å²) >= 11 is 0. The number of nitrogens with one attached hydrogen (secondary N) is 1. The molecule has 5 rings (SSSR count). The van der Waals surface area contributed by atoms with Gasteiger partial charge in [0.25, 0.3) is 5.91 Å². The Labute approximate surface area is 205 Å². The lowest BCUT2D eigenvalue weighted by Gasteiger charge is -2.32. The fraction of sp³-hybridized carbons (Fsp3) is 0.444. The van der Waals surface area contributed by atoms with Crippen LogP contribution in [-0.4, -0.2) is 79.1 Å². The highest BCUT2D eigenvalue weighted by atomic mass is 16.5. The van der Waals surface area contributed by atoms with Gasteiger partial charge in [-0.15, -0.1) is 0 Å². The molecule has 0 saturated carbocycles. The molecule has 2 fully saturated rings. The summed E-state index contributed by atoms with van der Waals surface area (Å²) in [6, 6.07) is 15.2. The lowest BCUT2D eigenvalue weighted by molar-refractivity contribution is -0.122. The van der Waals surface area contributed by atoms with Crippen LogP contribution in [0.3, 0.4) is 0 Å². The number of fused-ring (bicyclic) bond motifs is 1. The molecular weight excluding hydrogens is 444 g/mol. The largest absolute Gasteiger partial charge is 0.436 e. The molecule has 2 aromatic carbocycles. The molecule has 184 valence electrons. The molecule has 0 spiro atoms. The van der Waals surface area contributed by atoms with Crippen LogP contribution < -0.4 is 5.32 Å². The number of carbonyl (C=O) groups excluding carboxylic acids is 2. The highest BCUT2D eigenvalue weighted by Gasteiger charge is 2.25. The van der Waals surface area contributed by atoms with Crippen molar-refractivity contribution in [2.45, 2.75) is 19.3 Å². The first-order valence-electron chi connectivity index (χ1n) is 12.5. The van der Waals surface area contributed by atoms with E-state index < -0.39 is 0 Å². The second kappa shape index (κ2) is 11.0. The number of oxazole rings is 1. The third kappa shape index (κ3) is 5.89. The van der Waals surface area contributed by atoms with Crippen LogP contribution in [0.4, 0.5) is 0 Å². The Morgan fingerprint density at radius 3 is 2.54 bits per heavy atom. The van der Waals surface area contributed by atoms with E-state index in [1.54, 1.807) is 6.07 Å². The van der Waals surface area contributed by atoms with Crippen LogP contribution in [-0.2, 0) is 9.53 Å². The lowest BCUT2D eigenvalue weighted by Crippen LogP contribution is -2.42. The Balaban J connectivity index is 1.10. The van der Waals surface area contributed by atoms with Gasteiger partial charge in [0.1, 0.15) is 5.52 Å². The van der Waals surface area contributed by atoms with E-state index in [1.165, 1.54) is 0 Å². The molecule has 1 aromatic heterocycles. The zero-order chi connectivity index (χ0) is 24.0. The zero-order valence-electron chi connectivity index (χ0n) is 19.9. The van der Waals surface area contributed by atoms with Gasteiger partial charge in [0, 0.05) is 56.8 Å². The fourth-order valence-electron chi connectivity index (χ4n) is 4.80. The second-order valence-electron chi connectivity index (χ2n) is 9.31. The summed E-state index contributed by atoms with van der Waals surface area (Å²) in [6.07, 6.45) is 2.21. The standard InChI is InChI=1S/C27H32N4O4/c32-25(28-10-13-30-14-16-34-17-15-30)18-20-8-11-31(12-9-20)27(33)22-6-7-24-23(19-22)29-26(35-24)21-4-2-1-3-5-21/h1-7,19-20H,8-18H2,(H,28,32). The SMILES string of the molecule is O=C(CC1CCN(C(=O)c2ccc3oc(-c4ccccc4)nc3c2)CC1)NCCN1CCOCC1. The van der Waals surface area contributed by atoms with Gasteiger partial charge in [-0.3, -0.25) is 14.5 Å². The quantitative estimate of drug-likeness (QED) is 0.564. The van der Waals surface area contributed by atoms with Gasteiger partial charge in [-0.1, -0.05) is 18.2 Å². The summed E-state index contributed by atoms with van der Waals surface area (Å²) in [5.74, 6) is 0.974. The molecule has 0 bridgehead atoms. The summed E-state index contributed by atoms with van der Waals surface area (Å²) in [5.41, 5.74) is 2.87. The van der Waals surface area contributed by atoms with Gasteiger partial charge in [0.15, 0.2) is 5.58 Å². The maximum atomic E-state index is 13.1. The molecule has 0 radical (unpaired) electrons. The molecule has 2 aliphatic heterocycles. The van der Waals surface area contributed by atoms with E-state index in [9.17, 15) is 9.59 Å². The van der Waals surface area contributed by atoms with E-state index in [0.29, 0.717) is 54.5 Å². The third-order valence-electron chi connectivity index (χ3n) is 6.88. The Bertz CT molecular complexity index is 1150. The highest BCUT2D eigenvalue weighted by Crippen LogP contribution is 2.26. The van der Waals surface area contributed by atoms with Gasteiger partial charge in [-0.05, 0) is 49.1 Å². The summed E-state index contributed by atoms with van der Waals surface area (Å²) in [4.78, 5) is 34.3. The molecule has 2 saturated heterocycles. The highest BCUT2D eigenvalue weighted by molar-refractivity contribution is 5.97. The van der Waals surface area contributed by atoms with E-state index in [2.05, 4.69) is 15.2 Å². The number of likely N-dealkylation sites (tertiary alicyclic amines) is 1. The zero-order valence-corrected chi connectivity index (χ0v) is 19.9. The van der Waals surface area contributed by atoms with E-state index >= 15 is 0 Å². The van der Waals surface area contributed by atoms with E-state index in [4.69, 9.17) is 9.15 Å². The minimum Gasteiger partial charge on any atom is -0.436 e. The van der Waals surface area contributed by atoms with Crippen molar-refractivity contribution in [2.24, 2.45) is 5.92 Å². The Morgan fingerprint density at radius 2 is 1.77 bits per heavy atom. The number of hydrogen-bond donors (Lipinski definition) is 1. The number of aromatic nitrogens is 1. The minimum absolute atomic E-state index is 0.00423. The second-order valence-corrected chi connectivity index (χ2v) is 9.31. The topological polar surface area (TPSA) is 87.9 Å². The predicted molar refractivity (Wildman–Crippen MR) is 133 cm³/mol. The van der Waals surface area contributed by atoms with Crippen LogP contribution in [0.2, 0.25) is 0 Å². The molecule has 2 amide bonds. The van der Waals surface area contributed by atoms with Gasteiger partial charge in [0.05, 0.1) is 13.2 Å². The van der Waals surface area contributed by atoms with Gasteiger partial charge >= 0.3 is 0 Å². The number of piperidine rings is 1. The number of ether oxygens (including phenoxy) is 1. The smallest absolute Gasteiger partial charge is 0.253 e. The molecule has 0 atom stereocenters. The van der Waals surface area contributed by atoms with E-state index in [1.807, 2.05) is 47.4 Å². The molecular formula is C27H32N4O4. The Morgan fingerprint density at radius 1 is 1.00 bits per heavy atom. The van der Waals surface area contributed by atoms with E-state index in [0.717, 1.165) is 51.3 Å². The number of hydrogen-bond acceptors (Lipinski definition) is 6. The molecule has 35 heavy (non-hydrogen) atoms. The molecule has 1 N–H and O–H groups in total. The average Bonchev–Trinajstić information content (AvgIpc) is 3.33. The number of nitrogens with zero attached hydrogens (tertiary/aromatic N) is 3. The van der Waals surface area contributed by atoms with Gasteiger partial charge in [-0.25, -0.2) is 4.98 Å². The lowest BCUT2D eigenvalue weighted by atomic mass is 9.93. The number of carbonyl (C=O) groups is 2. The summed E-state index contributed by atoms with van der Waals surface area (Å²) in [5, 5.41) is 3.05. The van der Waals surface area contributed by atoms with Gasteiger partial charge in [0.2, 0.25) is 11.8 Å². The average molecular weight is 477 g/mol. The fourth-order valence-corrected chi connectivity index (χ4v) is 4.80. The predicted octanol–water partition coefficient (Wildman–Crippen LogP) is 3.19. The number of benzene rings is 2. The van der Waals surface area contributed by atoms with Crippen molar-refractivity contribution in [1.82, 2.24) is 20.1 Å². The van der Waals surface area contributed by atoms with Crippen LogP contribution in [0.1, 0.15) is 29.6 Å². The molecule has 2 aliphatic rings. The van der Waals surface area contributed by atoms with Crippen LogP contribution in [0.25, 0.3) is 22.6 Å². The van der Waals surface area contributed by atoms with Crippen LogP contribution in [0.15, 0.2) is 52.9 Å². The number of amides is 2. The Hall–Kier alpha value is -3.23. The normalized spacial score (nSPS) is 17.5. The van der Waals surface area contributed by atoms with Crippen molar-refractivity contribution in [3.63, 3.8) is 0 Å². The third-order valence-corrected chi connectivity index (χ3v) is 6.88. The first kappa shape index (κ1) is 23.5. The van der Waals surface area contributed by atoms with Gasteiger partial charge < -0.3 is 19.4 Å². The van der Waals surface area contributed by atoms with Crippen LogP contribution in [0, 0.1) is 5.92 Å². The van der Waals surface area contributed by atoms with Crippen molar-refractivity contribution in [2.75, 3.05) is 52.5 Å². The summed E-state index contributed by atoms with van der Waals surface area (Å²) in [6.45, 7) is 6.27. The van der Waals surface area contributed by atoms with E-state index in [-0.39, 0.29) is 11.8 Å². The molecule has 0 unspecified atom stereocenters. The van der Waals surface area contributed by atoms with Crippen molar-refractivity contribution in [3.8, 4) is 11.5 Å². The maximum Gasteiger partial charge on any atom is 0.253 e. The molecule has 0 aliphatic carbocycles. The monoisotopic (exact) mass is 476 g/mol. The number of rotatable bonds is 7. The summed E-state index contributed by atoms with van der Waals surface area (Å²) < 4.78 is 11.2. The van der Waals surface area contributed by atoms with Crippen molar-refractivity contribution in [1.29, 1.82) is 0 Å². The van der Waals surface area contributed by atoms with Crippen molar-refractivity contribution in [3.05, 3.63) is 54.1 Å². The van der Waals surface area contributed by atoms with Crippen molar-refractivity contribution < 1.29 is 18.7 Å². The van der Waals surface area contributed by atoms with Crippen LogP contribution in [0.5, 0.6) is 0 Å². The molecule has 3 aromatic rings. The molecule has 3 heterocycles. The first-order valence-corrected chi connectivity index (χ1v) is 12.5. The number of morpholine rings is 1.